The molecule has 1 aromatic rings. The lowest BCUT2D eigenvalue weighted by Crippen LogP contribution is -3.18. The van der Waals surface area contributed by atoms with Gasteiger partial charge < -0.3 is 15.0 Å². The summed E-state index contributed by atoms with van der Waals surface area (Å²) < 4.78 is 4.22. The Labute approximate surface area is 170 Å². The van der Waals surface area contributed by atoms with Gasteiger partial charge in [-0.25, -0.2) is 0 Å². The van der Waals surface area contributed by atoms with Crippen LogP contribution < -0.4 is 10.2 Å². The highest BCUT2D eigenvalue weighted by Crippen LogP contribution is 2.32. The molecule has 0 bridgehead atoms. The third-order valence-electron chi connectivity index (χ3n) is 5.50. The summed E-state index contributed by atoms with van der Waals surface area (Å²) in [7, 11) is 0. The van der Waals surface area contributed by atoms with E-state index < -0.39 is 10.0 Å². The maximum absolute atomic E-state index is 12.4. The lowest BCUT2D eigenvalue weighted by atomic mass is 9.84. The molecule has 1 unspecified atom stereocenters. The number of hydrogen-bond acceptors (Lipinski definition) is 2. The fraction of sp³-hybridized carbons (Fsp3) is 0.632. The van der Waals surface area contributed by atoms with Gasteiger partial charge in [-0.3, -0.25) is 4.79 Å². The highest BCUT2D eigenvalue weighted by molar-refractivity contribution is 6.68. The van der Waals surface area contributed by atoms with E-state index in [0.29, 0.717) is 24.1 Å². The number of halogens is 3. The van der Waals surface area contributed by atoms with E-state index in [1.807, 2.05) is 6.07 Å². The zero-order valence-electron chi connectivity index (χ0n) is 14.7. The number of nitrogens with one attached hydrogen (secondary N) is 2. The average Bonchev–Trinajstić information content (AvgIpc) is 2.64. The molecule has 2 heterocycles. The van der Waals surface area contributed by atoms with Gasteiger partial charge in [0.15, 0.2) is 6.23 Å². The second kappa shape index (κ2) is 9.11. The molecule has 2 saturated heterocycles. The summed E-state index contributed by atoms with van der Waals surface area (Å²) in [5, 5.41) is 2.72. The zero-order valence-corrected chi connectivity index (χ0v) is 17.0. The van der Waals surface area contributed by atoms with Crippen molar-refractivity contribution in [1.82, 2.24) is 5.32 Å². The average molecular weight is 421 g/mol. The molecule has 4 atom stereocenters. The van der Waals surface area contributed by atoms with Crippen LogP contribution in [0.3, 0.4) is 0 Å². The normalized spacial score (nSPS) is 27.4. The SMILES string of the molecule is O=C(N[C@@H](OC[C@H]1CCC[NH+]2CCCC[C@H]12)C(Cl)(Cl)Cl)c1ccccc1. The Morgan fingerprint density at radius 2 is 1.88 bits per heavy atom. The van der Waals surface area contributed by atoms with Gasteiger partial charge in [0.1, 0.15) is 0 Å². The first kappa shape index (κ1) is 20.2. The Kier molecular flexibility index (Phi) is 7.09. The number of amides is 1. The third kappa shape index (κ3) is 5.26. The van der Waals surface area contributed by atoms with Crippen LogP contribution in [0.4, 0.5) is 0 Å². The highest BCUT2D eigenvalue weighted by atomic mass is 35.6. The first-order chi connectivity index (χ1) is 12.4. The van der Waals surface area contributed by atoms with Crippen molar-refractivity contribution in [2.24, 2.45) is 5.92 Å². The number of rotatable bonds is 5. The van der Waals surface area contributed by atoms with Gasteiger partial charge in [0.2, 0.25) is 3.79 Å². The Balaban J connectivity index is 1.61. The van der Waals surface area contributed by atoms with E-state index in [1.54, 1.807) is 29.2 Å². The van der Waals surface area contributed by atoms with Crippen LogP contribution >= 0.6 is 34.8 Å². The molecule has 0 saturated carbocycles. The molecule has 1 amide bonds. The van der Waals surface area contributed by atoms with Crippen LogP contribution in [0.1, 0.15) is 42.5 Å². The van der Waals surface area contributed by atoms with Gasteiger partial charge >= 0.3 is 0 Å². The zero-order chi connectivity index (χ0) is 18.6. The van der Waals surface area contributed by atoms with Crippen LogP contribution in [0.15, 0.2) is 30.3 Å². The number of benzene rings is 1. The van der Waals surface area contributed by atoms with Crippen LogP contribution in [-0.2, 0) is 4.74 Å². The molecule has 4 nitrogen and oxygen atoms in total. The standard InChI is InChI=1S/C19H25Cl3N2O2/c20-19(21,22)18(23-17(25)14-7-2-1-3-8-14)26-13-15-9-6-12-24-11-5-4-10-16(15)24/h1-3,7-8,15-16,18H,4-6,9-13H2,(H,23,25)/p+1/t15-,16-,18+/m1/s1. The largest absolute Gasteiger partial charge is 0.353 e. The lowest BCUT2D eigenvalue weighted by molar-refractivity contribution is -0.940. The van der Waals surface area contributed by atoms with Crippen LogP contribution in [0.5, 0.6) is 0 Å². The minimum Gasteiger partial charge on any atom is -0.353 e. The molecule has 7 heteroatoms. The summed E-state index contributed by atoms with van der Waals surface area (Å²) in [6.45, 7) is 3.00. The van der Waals surface area contributed by atoms with Gasteiger partial charge in [0, 0.05) is 11.5 Å². The second-order valence-corrected chi connectivity index (χ2v) is 9.63. The van der Waals surface area contributed by atoms with Gasteiger partial charge in [-0.1, -0.05) is 53.0 Å². The molecule has 0 aromatic heterocycles. The Morgan fingerprint density at radius 1 is 1.15 bits per heavy atom. The predicted octanol–water partition coefficient (Wildman–Crippen LogP) is 2.98. The number of carbonyl (C=O) groups is 1. The van der Waals surface area contributed by atoms with Crippen molar-refractivity contribution >= 4 is 40.7 Å². The van der Waals surface area contributed by atoms with E-state index in [0.717, 1.165) is 6.42 Å². The van der Waals surface area contributed by atoms with E-state index in [9.17, 15) is 4.79 Å². The highest BCUT2D eigenvalue weighted by Gasteiger charge is 2.40. The molecule has 2 fully saturated rings. The number of fused-ring (bicyclic) bond motifs is 1. The maximum atomic E-state index is 12.4. The molecule has 2 aliphatic heterocycles. The summed E-state index contributed by atoms with van der Waals surface area (Å²) in [6.07, 6.45) is 5.18. The Hall–Kier alpha value is -0.520. The monoisotopic (exact) mass is 419 g/mol. The van der Waals surface area contributed by atoms with Crippen molar-refractivity contribution in [2.45, 2.75) is 48.2 Å². The molecule has 0 spiro atoms. The van der Waals surface area contributed by atoms with E-state index in [4.69, 9.17) is 39.5 Å². The van der Waals surface area contributed by atoms with Crippen molar-refractivity contribution in [3.8, 4) is 0 Å². The van der Waals surface area contributed by atoms with Crippen LogP contribution in [0.2, 0.25) is 0 Å². The van der Waals surface area contributed by atoms with E-state index >= 15 is 0 Å². The van der Waals surface area contributed by atoms with Crippen molar-refractivity contribution in [2.75, 3.05) is 19.7 Å². The molecule has 1 aromatic carbocycles. The van der Waals surface area contributed by atoms with Crippen molar-refractivity contribution in [1.29, 1.82) is 0 Å². The Morgan fingerprint density at radius 3 is 2.62 bits per heavy atom. The third-order valence-corrected chi connectivity index (χ3v) is 6.10. The van der Waals surface area contributed by atoms with Crippen molar-refractivity contribution < 1.29 is 14.4 Å². The molecule has 26 heavy (non-hydrogen) atoms. The molecule has 0 radical (unpaired) electrons. The van der Waals surface area contributed by atoms with Gasteiger partial charge in [0.05, 0.1) is 25.7 Å². The summed E-state index contributed by atoms with van der Waals surface area (Å²) in [5.74, 6) is 0.137. The quantitative estimate of drug-likeness (QED) is 0.568. The van der Waals surface area contributed by atoms with Crippen LogP contribution in [0.25, 0.3) is 0 Å². The number of quaternary nitrogens is 1. The fourth-order valence-corrected chi connectivity index (χ4v) is 4.56. The first-order valence-corrected chi connectivity index (χ1v) is 10.5. The summed E-state index contributed by atoms with van der Waals surface area (Å²) in [4.78, 5) is 14.1. The van der Waals surface area contributed by atoms with Gasteiger partial charge in [-0.15, -0.1) is 0 Å². The van der Waals surface area contributed by atoms with Crippen molar-refractivity contribution in [3.05, 3.63) is 35.9 Å². The number of hydrogen-bond donors (Lipinski definition) is 2. The van der Waals surface area contributed by atoms with E-state index in [1.165, 1.54) is 38.8 Å². The molecular formula is C19H26Cl3N2O2+. The second-order valence-electron chi connectivity index (χ2n) is 7.26. The van der Waals surface area contributed by atoms with Crippen molar-refractivity contribution in [3.63, 3.8) is 0 Å². The number of alkyl halides is 3. The maximum Gasteiger partial charge on any atom is 0.253 e. The van der Waals surface area contributed by atoms with Gasteiger partial charge in [0.25, 0.3) is 5.91 Å². The minimum atomic E-state index is -1.72. The fourth-order valence-electron chi connectivity index (χ4n) is 4.21. The molecule has 2 aliphatic rings. The number of piperidine rings is 2. The summed E-state index contributed by atoms with van der Waals surface area (Å²) in [5.41, 5.74) is 0.510. The molecule has 144 valence electrons. The minimum absolute atomic E-state index is 0.310. The van der Waals surface area contributed by atoms with Crippen LogP contribution in [0, 0.1) is 5.92 Å². The Bertz CT molecular complexity index is 592. The first-order valence-electron chi connectivity index (χ1n) is 9.34. The number of ether oxygens (including phenoxy) is 1. The van der Waals surface area contributed by atoms with Crippen LogP contribution in [-0.4, -0.2) is 41.7 Å². The molecule has 3 rings (SSSR count). The molecule has 0 aliphatic carbocycles. The smallest absolute Gasteiger partial charge is 0.253 e. The van der Waals surface area contributed by atoms with E-state index in [-0.39, 0.29) is 5.91 Å². The molecular weight excluding hydrogens is 395 g/mol. The van der Waals surface area contributed by atoms with E-state index in [2.05, 4.69) is 5.32 Å². The number of carbonyl (C=O) groups excluding carboxylic acids is 1. The summed E-state index contributed by atoms with van der Waals surface area (Å²) >= 11 is 18.2. The topological polar surface area (TPSA) is 42.8 Å². The predicted molar refractivity (Wildman–Crippen MR) is 105 cm³/mol. The molecule has 2 N–H and O–H groups in total. The van der Waals surface area contributed by atoms with Gasteiger partial charge in [-0.2, -0.15) is 0 Å². The lowest BCUT2D eigenvalue weighted by Gasteiger charge is -2.41. The summed E-state index contributed by atoms with van der Waals surface area (Å²) in [6, 6.07) is 9.50. The van der Waals surface area contributed by atoms with Gasteiger partial charge in [-0.05, 0) is 44.2 Å².